The number of allylic oxidation sites excluding steroid dienone is 1. The number of aromatic nitrogens is 2. The van der Waals surface area contributed by atoms with Crippen LogP contribution >= 0.6 is 0 Å². The topological polar surface area (TPSA) is 66.2 Å². The normalized spacial score (nSPS) is 17.2. The summed E-state index contributed by atoms with van der Waals surface area (Å²) in [5, 5.41) is 18.6. The van der Waals surface area contributed by atoms with Gasteiger partial charge in [0.1, 0.15) is 12.4 Å². The molecule has 0 aliphatic heterocycles. The van der Waals surface area contributed by atoms with E-state index in [1.165, 1.54) is 0 Å². The van der Waals surface area contributed by atoms with Crippen LogP contribution in [0.2, 0.25) is 0 Å². The lowest BCUT2D eigenvalue weighted by Crippen LogP contribution is -1.97. The van der Waals surface area contributed by atoms with Crippen LogP contribution in [0.4, 0.5) is 0 Å². The zero-order chi connectivity index (χ0) is 11.8. The van der Waals surface area contributed by atoms with Crippen LogP contribution in [0, 0.1) is 0 Å². The smallest absolute Gasteiger partial charge is 0.123 e. The number of para-hydroxylation sites is 2. The molecule has 4 heteroatoms. The summed E-state index contributed by atoms with van der Waals surface area (Å²) in [5.74, 6) is 0.00771. The van der Waals surface area contributed by atoms with E-state index in [4.69, 9.17) is 5.11 Å². The Hall–Kier alpha value is -1.94. The molecule has 0 radical (unpaired) electrons. The molecular formula is C13H12N2O2. The molecule has 4 nitrogen and oxygen atoms in total. The third-order valence-electron chi connectivity index (χ3n) is 3.04. The summed E-state index contributed by atoms with van der Waals surface area (Å²) in [6, 6.07) is 7.67. The second-order valence-electron chi connectivity index (χ2n) is 4.09. The van der Waals surface area contributed by atoms with Gasteiger partial charge >= 0.3 is 0 Å². The minimum absolute atomic E-state index is 0.00771. The third kappa shape index (κ3) is 1.57. The van der Waals surface area contributed by atoms with Gasteiger partial charge in [-0.1, -0.05) is 12.1 Å². The van der Waals surface area contributed by atoms with Crippen LogP contribution in [-0.2, 0) is 6.42 Å². The van der Waals surface area contributed by atoms with Crippen LogP contribution in [0.25, 0.3) is 16.6 Å². The van der Waals surface area contributed by atoms with Crippen molar-refractivity contribution >= 4 is 16.6 Å². The summed E-state index contributed by atoms with van der Waals surface area (Å²) in [6.07, 6.45) is 1.46. The largest absolute Gasteiger partial charge is 0.509 e. The fraction of sp³-hybridized carbons (Fsp3) is 0.231. The molecule has 1 aromatic heterocycles. The molecule has 2 aromatic rings. The first-order valence-electron chi connectivity index (χ1n) is 5.57. The highest BCUT2D eigenvalue weighted by Gasteiger charge is 2.23. The van der Waals surface area contributed by atoms with Crippen LogP contribution in [0.1, 0.15) is 17.8 Å². The Morgan fingerprint density at radius 1 is 1.12 bits per heavy atom. The van der Waals surface area contributed by atoms with Crippen LogP contribution in [0.3, 0.4) is 0 Å². The number of nitrogens with zero attached hydrogens (tertiary/aromatic N) is 2. The van der Waals surface area contributed by atoms with Crippen LogP contribution in [0.5, 0.6) is 0 Å². The van der Waals surface area contributed by atoms with Gasteiger partial charge in [-0.25, -0.2) is 9.97 Å². The number of rotatable bonds is 1. The summed E-state index contributed by atoms with van der Waals surface area (Å²) in [7, 11) is 0. The number of benzene rings is 1. The molecule has 1 heterocycles. The van der Waals surface area contributed by atoms with Gasteiger partial charge in [-0.15, -0.1) is 0 Å². The first-order chi connectivity index (χ1) is 8.29. The van der Waals surface area contributed by atoms with Crippen LogP contribution in [0.15, 0.2) is 30.0 Å². The number of hydrogen-bond donors (Lipinski definition) is 2. The Kier molecular flexibility index (Phi) is 2.30. The van der Waals surface area contributed by atoms with Crippen LogP contribution < -0.4 is 0 Å². The van der Waals surface area contributed by atoms with E-state index in [9.17, 15) is 5.11 Å². The third-order valence-corrected chi connectivity index (χ3v) is 3.04. The lowest BCUT2D eigenvalue weighted by molar-refractivity contribution is 0.254. The molecule has 0 spiro atoms. The molecule has 0 bridgehead atoms. The monoisotopic (exact) mass is 228 g/mol. The maximum Gasteiger partial charge on any atom is 0.123 e. The van der Waals surface area contributed by atoms with E-state index in [1.807, 2.05) is 24.3 Å². The summed E-state index contributed by atoms with van der Waals surface area (Å²) in [6.45, 7) is -0.344. The van der Waals surface area contributed by atoms with Gasteiger partial charge in [-0.2, -0.15) is 0 Å². The predicted octanol–water partition coefficient (Wildman–Crippen LogP) is 1.84. The highest BCUT2D eigenvalue weighted by atomic mass is 16.3. The molecular weight excluding hydrogens is 216 g/mol. The Morgan fingerprint density at radius 3 is 2.53 bits per heavy atom. The first kappa shape index (κ1) is 10.2. The molecule has 0 unspecified atom stereocenters. The lowest BCUT2D eigenvalue weighted by atomic mass is 10.2. The quantitative estimate of drug-likeness (QED) is 0.731. The van der Waals surface area contributed by atoms with Crippen molar-refractivity contribution in [3.63, 3.8) is 0 Å². The molecule has 2 N–H and O–H groups in total. The van der Waals surface area contributed by atoms with E-state index in [-0.39, 0.29) is 12.4 Å². The maximum absolute atomic E-state index is 9.64. The van der Waals surface area contributed by atoms with E-state index < -0.39 is 0 Å². The molecule has 86 valence electrons. The van der Waals surface area contributed by atoms with E-state index in [2.05, 4.69) is 9.97 Å². The number of hydrogen-bond acceptors (Lipinski definition) is 4. The zero-order valence-electron chi connectivity index (χ0n) is 9.22. The van der Waals surface area contributed by atoms with E-state index in [0.29, 0.717) is 6.42 Å². The molecule has 0 saturated carbocycles. The van der Waals surface area contributed by atoms with Gasteiger partial charge in [0.15, 0.2) is 0 Å². The SMILES string of the molecule is OC/C(O)=C1/CCc2nc3ccccc3nc21. The van der Waals surface area contributed by atoms with Crippen molar-refractivity contribution in [2.24, 2.45) is 0 Å². The maximum atomic E-state index is 9.64. The van der Waals surface area contributed by atoms with Gasteiger partial charge in [0.05, 0.1) is 22.4 Å². The standard InChI is InChI=1S/C13H12N2O2/c16-7-12(17)8-5-6-11-13(8)15-10-4-2-1-3-9(10)14-11/h1-4,16-17H,5-7H2/b12-8+. The van der Waals surface area contributed by atoms with Crippen molar-refractivity contribution in [3.8, 4) is 0 Å². The first-order valence-corrected chi connectivity index (χ1v) is 5.57. The van der Waals surface area contributed by atoms with Crippen molar-refractivity contribution in [2.75, 3.05) is 6.61 Å². The second kappa shape index (κ2) is 3.82. The Labute approximate surface area is 98.3 Å². The molecule has 1 aliphatic rings. The molecule has 0 amide bonds. The summed E-state index contributed by atoms with van der Waals surface area (Å²) in [4.78, 5) is 9.05. The molecule has 1 aromatic carbocycles. The molecule has 0 atom stereocenters. The highest BCUT2D eigenvalue weighted by molar-refractivity contribution is 5.79. The van der Waals surface area contributed by atoms with Gasteiger partial charge < -0.3 is 10.2 Å². The predicted molar refractivity (Wildman–Crippen MR) is 64.5 cm³/mol. The highest BCUT2D eigenvalue weighted by Crippen LogP contribution is 2.32. The second-order valence-corrected chi connectivity index (χ2v) is 4.09. The van der Waals surface area contributed by atoms with Gasteiger partial charge in [0, 0.05) is 5.57 Å². The molecule has 0 saturated heterocycles. The molecule has 3 rings (SSSR count). The fourth-order valence-corrected chi connectivity index (χ4v) is 2.19. The summed E-state index contributed by atoms with van der Waals surface area (Å²) < 4.78 is 0. The number of fused-ring (bicyclic) bond motifs is 2. The number of aryl methyl sites for hydroxylation is 1. The number of aliphatic hydroxyl groups excluding tert-OH is 2. The average Bonchev–Trinajstić information content (AvgIpc) is 2.78. The minimum atomic E-state index is -0.344. The van der Waals surface area contributed by atoms with Crippen molar-refractivity contribution < 1.29 is 10.2 Å². The van der Waals surface area contributed by atoms with Gasteiger partial charge in [-0.3, -0.25) is 0 Å². The van der Waals surface area contributed by atoms with E-state index in [1.54, 1.807) is 0 Å². The van der Waals surface area contributed by atoms with Crippen molar-refractivity contribution in [1.82, 2.24) is 9.97 Å². The van der Waals surface area contributed by atoms with Gasteiger partial charge in [0.2, 0.25) is 0 Å². The van der Waals surface area contributed by atoms with Crippen molar-refractivity contribution in [3.05, 3.63) is 41.4 Å². The van der Waals surface area contributed by atoms with E-state index >= 15 is 0 Å². The Balaban J connectivity index is 2.25. The fourth-order valence-electron chi connectivity index (χ4n) is 2.19. The average molecular weight is 228 g/mol. The van der Waals surface area contributed by atoms with Crippen molar-refractivity contribution in [1.29, 1.82) is 0 Å². The number of aliphatic hydroxyl groups is 2. The molecule has 1 aliphatic carbocycles. The van der Waals surface area contributed by atoms with Gasteiger partial charge in [0.25, 0.3) is 0 Å². The Morgan fingerprint density at radius 2 is 1.82 bits per heavy atom. The van der Waals surface area contributed by atoms with Gasteiger partial charge in [-0.05, 0) is 25.0 Å². The Bertz CT molecular complexity index is 620. The zero-order valence-corrected chi connectivity index (χ0v) is 9.22. The minimum Gasteiger partial charge on any atom is -0.509 e. The summed E-state index contributed by atoms with van der Waals surface area (Å²) >= 11 is 0. The molecule has 0 fully saturated rings. The van der Waals surface area contributed by atoms with Crippen molar-refractivity contribution in [2.45, 2.75) is 12.8 Å². The lowest BCUT2D eigenvalue weighted by Gasteiger charge is -2.04. The summed E-state index contributed by atoms with van der Waals surface area (Å²) in [5.41, 5.74) is 4.04. The van der Waals surface area contributed by atoms with E-state index in [0.717, 1.165) is 34.4 Å². The van der Waals surface area contributed by atoms with Crippen LogP contribution in [-0.4, -0.2) is 26.8 Å². The molecule has 17 heavy (non-hydrogen) atoms.